The zero-order valence-corrected chi connectivity index (χ0v) is 14.1. The summed E-state index contributed by atoms with van der Waals surface area (Å²) in [5, 5.41) is 8.92. The van der Waals surface area contributed by atoms with E-state index in [4.69, 9.17) is 4.74 Å². The molecule has 114 valence electrons. The molecule has 0 saturated heterocycles. The summed E-state index contributed by atoms with van der Waals surface area (Å²) in [7, 11) is 1.90. The maximum Gasteiger partial charge on any atom is 0.316 e. The van der Waals surface area contributed by atoms with E-state index in [1.807, 2.05) is 25.6 Å². The highest BCUT2D eigenvalue weighted by Crippen LogP contribution is 2.25. The van der Waals surface area contributed by atoms with E-state index < -0.39 is 0 Å². The van der Waals surface area contributed by atoms with E-state index in [0.717, 1.165) is 22.8 Å². The van der Waals surface area contributed by atoms with Crippen molar-refractivity contribution in [1.29, 1.82) is 0 Å². The van der Waals surface area contributed by atoms with Crippen LogP contribution in [0, 0.1) is 6.92 Å². The second-order valence-corrected chi connectivity index (χ2v) is 6.65. The van der Waals surface area contributed by atoms with Crippen molar-refractivity contribution in [2.75, 3.05) is 12.4 Å². The second kappa shape index (κ2) is 7.13. The molecule has 0 unspecified atom stereocenters. The van der Waals surface area contributed by atoms with E-state index in [0.29, 0.717) is 12.4 Å². The van der Waals surface area contributed by atoms with Gasteiger partial charge >= 0.3 is 5.97 Å². The first-order valence-electron chi connectivity index (χ1n) is 6.80. The number of carbonyl (C=O) groups is 1. The Hall–Kier alpha value is -1.01. The first-order chi connectivity index (χ1) is 9.24. The van der Waals surface area contributed by atoms with E-state index in [2.05, 4.69) is 31.2 Å². The number of nitrogens with zero attached hydrogens (tertiary/aromatic N) is 2. The fourth-order valence-electron chi connectivity index (χ4n) is 1.75. The molecule has 0 aromatic carbocycles. The molecule has 0 fully saturated rings. The third kappa shape index (κ3) is 5.17. The Morgan fingerprint density at radius 3 is 2.65 bits per heavy atom. The third-order valence-corrected chi connectivity index (χ3v) is 3.88. The van der Waals surface area contributed by atoms with E-state index >= 15 is 0 Å². The molecule has 0 bridgehead atoms. The van der Waals surface area contributed by atoms with Crippen molar-refractivity contribution in [3.05, 3.63) is 11.3 Å². The molecular weight excluding hydrogens is 274 g/mol. The molecule has 0 aliphatic rings. The molecule has 20 heavy (non-hydrogen) atoms. The second-order valence-electron chi connectivity index (χ2n) is 5.69. The van der Waals surface area contributed by atoms with Crippen LogP contribution in [0.15, 0.2) is 5.03 Å². The first kappa shape index (κ1) is 17.0. The lowest BCUT2D eigenvalue weighted by Gasteiger charge is -2.20. The van der Waals surface area contributed by atoms with Crippen molar-refractivity contribution in [1.82, 2.24) is 15.1 Å². The van der Waals surface area contributed by atoms with Crippen LogP contribution in [-0.4, -0.2) is 33.6 Å². The number of hydrogen-bond acceptors (Lipinski definition) is 5. The van der Waals surface area contributed by atoms with Gasteiger partial charge in [0.2, 0.25) is 0 Å². The minimum absolute atomic E-state index is 0.0470. The SMILES string of the molecule is CCOC(=O)CSc1c(CNC(C)(C)C)c(C)nn1C. The molecular formula is C14H25N3O2S. The molecule has 6 heteroatoms. The van der Waals surface area contributed by atoms with Crippen LogP contribution in [0.1, 0.15) is 39.0 Å². The van der Waals surface area contributed by atoms with Gasteiger partial charge in [-0.1, -0.05) is 11.8 Å². The van der Waals surface area contributed by atoms with Crippen LogP contribution in [0.25, 0.3) is 0 Å². The Morgan fingerprint density at radius 1 is 1.45 bits per heavy atom. The van der Waals surface area contributed by atoms with Gasteiger partial charge < -0.3 is 10.1 Å². The maximum absolute atomic E-state index is 11.5. The largest absolute Gasteiger partial charge is 0.465 e. The van der Waals surface area contributed by atoms with Gasteiger partial charge in [0, 0.05) is 24.7 Å². The van der Waals surface area contributed by atoms with Crippen molar-refractivity contribution in [2.24, 2.45) is 7.05 Å². The summed E-state index contributed by atoms with van der Waals surface area (Å²) in [6.45, 7) is 11.4. The fraction of sp³-hybridized carbons (Fsp3) is 0.714. The van der Waals surface area contributed by atoms with Crippen molar-refractivity contribution < 1.29 is 9.53 Å². The van der Waals surface area contributed by atoms with E-state index in [1.165, 1.54) is 11.8 Å². The van der Waals surface area contributed by atoms with Crippen molar-refractivity contribution in [3.8, 4) is 0 Å². The lowest BCUT2D eigenvalue weighted by molar-refractivity contribution is -0.139. The standard InChI is InChI=1S/C14H25N3O2S/c1-7-19-12(18)9-20-13-11(8-15-14(3,4)5)10(2)16-17(13)6/h15H,7-9H2,1-6H3. The van der Waals surface area contributed by atoms with Gasteiger partial charge in [-0.15, -0.1) is 0 Å². The summed E-state index contributed by atoms with van der Waals surface area (Å²) in [5.41, 5.74) is 2.19. The van der Waals surface area contributed by atoms with E-state index in [1.54, 1.807) is 0 Å². The summed E-state index contributed by atoms with van der Waals surface area (Å²) in [6.07, 6.45) is 0. The lowest BCUT2D eigenvalue weighted by Crippen LogP contribution is -2.35. The number of hydrogen-bond donors (Lipinski definition) is 1. The summed E-state index contributed by atoms with van der Waals surface area (Å²) >= 11 is 1.48. The van der Waals surface area contributed by atoms with Crippen molar-refractivity contribution >= 4 is 17.7 Å². The average Bonchev–Trinajstić information content (AvgIpc) is 2.58. The molecule has 0 amide bonds. The van der Waals surface area contributed by atoms with Gasteiger partial charge in [-0.05, 0) is 34.6 Å². The van der Waals surface area contributed by atoms with Gasteiger partial charge in [0.25, 0.3) is 0 Å². The van der Waals surface area contributed by atoms with Crippen LogP contribution in [0.5, 0.6) is 0 Å². The summed E-state index contributed by atoms with van der Waals surface area (Å²) in [5.74, 6) is 0.126. The number of ether oxygens (including phenoxy) is 1. The van der Waals surface area contributed by atoms with Crippen LogP contribution in [0.2, 0.25) is 0 Å². The first-order valence-corrected chi connectivity index (χ1v) is 7.79. The molecule has 1 aromatic heterocycles. The molecule has 1 heterocycles. The van der Waals surface area contributed by atoms with Crippen LogP contribution in [0.4, 0.5) is 0 Å². The summed E-state index contributed by atoms with van der Waals surface area (Å²) < 4.78 is 6.79. The quantitative estimate of drug-likeness (QED) is 0.645. The Bertz CT molecular complexity index is 464. The van der Waals surface area contributed by atoms with Gasteiger partial charge in [0.15, 0.2) is 0 Å². The van der Waals surface area contributed by atoms with E-state index in [9.17, 15) is 4.79 Å². The molecule has 1 N–H and O–H groups in total. The topological polar surface area (TPSA) is 56.1 Å². The van der Waals surface area contributed by atoms with Gasteiger partial charge in [0.05, 0.1) is 23.1 Å². The van der Waals surface area contributed by atoms with Gasteiger partial charge in [-0.2, -0.15) is 5.10 Å². The number of aromatic nitrogens is 2. The molecule has 0 atom stereocenters. The number of nitrogens with one attached hydrogen (secondary N) is 1. The molecule has 0 radical (unpaired) electrons. The number of esters is 1. The molecule has 0 spiro atoms. The average molecular weight is 299 g/mol. The molecule has 1 rings (SSSR count). The number of aryl methyl sites for hydroxylation is 2. The number of rotatable bonds is 6. The van der Waals surface area contributed by atoms with Gasteiger partial charge in [-0.25, -0.2) is 0 Å². The Balaban J connectivity index is 2.76. The Morgan fingerprint density at radius 2 is 2.10 bits per heavy atom. The monoisotopic (exact) mass is 299 g/mol. The van der Waals surface area contributed by atoms with Crippen molar-refractivity contribution in [3.63, 3.8) is 0 Å². The molecule has 0 aliphatic heterocycles. The minimum Gasteiger partial charge on any atom is -0.465 e. The van der Waals surface area contributed by atoms with E-state index in [-0.39, 0.29) is 11.5 Å². The molecule has 1 aromatic rings. The van der Waals surface area contributed by atoms with Gasteiger partial charge in [0.1, 0.15) is 0 Å². The summed E-state index contributed by atoms with van der Waals surface area (Å²) in [4.78, 5) is 11.5. The highest BCUT2D eigenvalue weighted by atomic mass is 32.2. The Labute approximate surface area is 125 Å². The molecule has 5 nitrogen and oxygen atoms in total. The van der Waals surface area contributed by atoms with Crippen molar-refractivity contribution in [2.45, 2.75) is 51.7 Å². The lowest BCUT2D eigenvalue weighted by atomic mass is 10.1. The minimum atomic E-state index is -0.189. The smallest absolute Gasteiger partial charge is 0.316 e. The number of thioether (sulfide) groups is 1. The van der Waals surface area contributed by atoms with Crippen LogP contribution >= 0.6 is 11.8 Å². The molecule has 0 aliphatic carbocycles. The normalized spacial score (nSPS) is 11.7. The van der Waals surface area contributed by atoms with Gasteiger partial charge in [-0.3, -0.25) is 9.48 Å². The third-order valence-electron chi connectivity index (χ3n) is 2.72. The zero-order valence-electron chi connectivity index (χ0n) is 13.2. The fourth-order valence-corrected chi connectivity index (χ4v) is 2.71. The highest BCUT2D eigenvalue weighted by molar-refractivity contribution is 7.99. The Kier molecular flexibility index (Phi) is 6.07. The predicted molar refractivity (Wildman–Crippen MR) is 81.9 cm³/mol. The summed E-state index contributed by atoms with van der Waals surface area (Å²) in [6, 6.07) is 0. The molecule has 0 saturated carbocycles. The zero-order chi connectivity index (χ0) is 15.3. The van der Waals surface area contributed by atoms with Crippen LogP contribution < -0.4 is 5.32 Å². The maximum atomic E-state index is 11.5. The highest BCUT2D eigenvalue weighted by Gasteiger charge is 2.17. The van der Waals surface area contributed by atoms with Crippen LogP contribution in [-0.2, 0) is 23.1 Å². The predicted octanol–water partition coefficient (Wildman–Crippen LogP) is 2.27. The van der Waals surface area contributed by atoms with Crippen LogP contribution in [0.3, 0.4) is 0 Å². The number of carbonyl (C=O) groups excluding carboxylic acids is 1.